The number of likely N-dealkylation sites (N-methyl/N-ethyl adjacent to an activating group) is 1. The smallest absolute Gasteiger partial charge is 0.328 e. The summed E-state index contributed by atoms with van der Waals surface area (Å²) in [5.41, 5.74) is 5.33. The number of aromatic hydroxyl groups is 1. The number of aromatic nitrogens is 1. The number of ketones is 1. The second kappa shape index (κ2) is 12.2. The monoisotopic (exact) mass is 560 g/mol. The van der Waals surface area contributed by atoms with Gasteiger partial charge in [0.25, 0.3) is 0 Å². The molecule has 0 unspecified atom stereocenters. The van der Waals surface area contributed by atoms with Gasteiger partial charge >= 0.3 is 17.9 Å². The van der Waals surface area contributed by atoms with Crippen molar-refractivity contribution < 1.29 is 39.2 Å². The van der Waals surface area contributed by atoms with Crippen LogP contribution in [0, 0.1) is 5.92 Å². The molecule has 10 heteroatoms. The number of carboxylic acid groups (broad SMARTS) is 2. The van der Waals surface area contributed by atoms with E-state index in [0.29, 0.717) is 30.3 Å². The predicted octanol–water partition coefficient (Wildman–Crippen LogP) is 3.94. The molecule has 0 radical (unpaired) electrons. The SMILES string of the molecule is CC(C)n1cc2c3c(cccc31)C1=C[C@@H](C(=O)OCC(=O)c3ccc(O)cc3)CN(C)[C@@H]1C2.O=C(O)/C=C\C(=O)O. The number of phenols is 1. The first kappa shape index (κ1) is 29.3. The van der Waals surface area contributed by atoms with Crippen LogP contribution in [0.15, 0.2) is 66.9 Å². The van der Waals surface area contributed by atoms with Crippen LogP contribution >= 0.6 is 0 Å². The maximum absolute atomic E-state index is 12.9. The summed E-state index contributed by atoms with van der Waals surface area (Å²) in [5, 5.41) is 26.3. The molecule has 0 saturated carbocycles. The van der Waals surface area contributed by atoms with E-state index in [9.17, 15) is 24.3 Å². The van der Waals surface area contributed by atoms with Gasteiger partial charge in [0.05, 0.1) is 5.92 Å². The number of hydrogen-bond acceptors (Lipinski definition) is 7. The highest BCUT2D eigenvalue weighted by Gasteiger charge is 2.36. The van der Waals surface area contributed by atoms with Gasteiger partial charge in [0.1, 0.15) is 5.75 Å². The third kappa shape index (κ3) is 6.55. The number of nitrogens with zero attached hydrogens (tertiary/aromatic N) is 2. The lowest BCUT2D eigenvalue weighted by atomic mass is 9.80. The molecule has 1 aliphatic heterocycles. The van der Waals surface area contributed by atoms with E-state index >= 15 is 0 Å². The van der Waals surface area contributed by atoms with Gasteiger partial charge in [-0.2, -0.15) is 0 Å². The quantitative estimate of drug-likeness (QED) is 0.222. The van der Waals surface area contributed by atoms with Crippen LogP contribution in [0.3, 0.4) is 0 Å². The third-order valence-corrected chi connectivity index (χ3v) is 7.18. The predicted molar refractivity (Wildman–Crippen MR) is 152 cm³/mol. The van der Waals surface area contributed by atoms with Crippen LogP contribution in [-0.4, -0.2) is 74.7 Å². The van der Waals surface area contributed by atoms with Crippen molar-refractivity contribution in [2.45, 2.75) is 32.4 Å². The molecule has 214 valence electrons. The Morgan fingerprint density at radius 2 is 1.68 bits per heavy atom. The number of Topliss-reactive ketones (excluding diaryl/α,β-unsaturated/α-hetero) is 1. The number of esters is 1. The Kier molecular flexibility index (Phi) is 8.73. The summed E-state index contributed by atoms with van der Waals surface area (Å²) < 4.78 is 7.73. The van der Waals surface area contributed by atoms with Crippen molar-refractivity contribution in [3.05, 3.63) is 83.6 Å². The number of hydrogen-bond donors (Lipinski definition) is 3. The van der Waals surface area contributed by atoms with E-state index in [-0.39, 0.29) is 24.2 Å². The van der Waals surface area contributed by atoms with Crippen molar-refractivity contribution in [1.82, 2.24) is 9.47 Å². The van der Waals surface area contributed by atoms with E-state index in [1.807, 2.05) is 13.1 Å². The lowest BCUT2D eigenvalue weighted by Gasteiger charge is -2.39. The van der Waals surface area contributed by atoms with Crippen molar-refractivity contribution in [1.29, 1.82) is 0 Å². The van der Waals surface area contributed by atoms with E-state index in [2.05, 4.69) is 47.7 Å². The van der Waals surface area contributed by atoms with Crippen molar-refractivity contribution in [3.63, 3.8) is 0 Å². The fourth-order valence-corrected chi connectivity index (χ4v) is 5.28. The number of carboxylic acids is 2. The van der Waals surface area contributed by atoms with Gasteiger partial charge in [-0.05, 0) is 74.3 Å². The van der Waals surface area contributed by atoms with Gasteiger partial charge in [-0.3, -0.25) is 14.5 Å². The maximum Gasteiger partial charge on any atom is 0.328 e. The van der Waals surface area contributed by atoms with Gasteiger partial charge in [-0.15, -0.1) is 0 Å². The standard InChI is InChI=1S/C27H28N2O4.C4H4O4/c1-16(2)29-14-18-12-24-22(21-5-4-6-23(29)26(18)21)11-19(13-28(24)3)27(32)33-15-25(31)17-7-9-20(30)10-8-17;5-3(6)1-2-4(7)8/h4-11,14,16,19,24,30H,12-13,15H2,1-3H3;1-2H,(H,5,6)(H,7,8)/b;2-1-/t19-,24-;/m1./s1. The molecule has 0 fully saturated rings. The molecule has 41 heavy (non-hydrogen) atoms. The van der Waals surface area contributed by atoms with Crippen LogP contribution in [0.4, 0.5) is 0 Å². The molecule has 2 aromatic carbocycles. The average molecular weight is 561 g/mol. The van der Waals surface area contributed by atoms with Crippen LogP contribution in [0.1, 0.15) is 41.4 Å². The number of carbonyl (C=O) groups is 4. The Balaban J connectivity index is 0.000000426. The van der Waals surface area contributed by atoms with E-state index in [1.165, 1.54) is 46.3 Å². The first-order chi connectivity index (χ1) is 19.5. The number of aliphatic carboxylic acids is 2. The highest BCUT2D eigenvalue weighted by Crippen LogP contribution is 2.42. The summed E-state index contributed by atoms with van der Waals surface area (Å²) in [7, 11) is 2.05. The summed E-state index contributed by atoms with van der Waals surface area (Å²) in [5.74, 6) is -3.54. The summed E-state index contributed by atoms with van der Waals surface area (Å²) in [4.78, 5) is 46.6. The molecular formula is C31H32N2O8. The molecule has 5 rings (SSSR count). The highest BCUT2D eigenvalue weighted by molar-refractivity contribution is 6.00. The van der Waals surface area contributed by atoms with Gasteiger partial charge in [0.15, 0.2) is 12.4 Å². The van der Waals surface area contributed by atoms with Crippen molar-refractivity contribution in [2.75, 3.05) is 20.2 Å². The van der Waals surface area contributed by atoms with Crippen LogP contribution in [0.5, 0.6) is 5.75 Å². The Morgan fingerprint density at radius 1 is 1.02 bits per heavy atom. The zero-order chi connectivity index (χ0) is 29.8. The Bertz CT molecular complexity index is 1530. The average Bonchev–Trinajstić information content (AvgIpc) is 3.31. The molecule has 1 aromatic heterocycles. The molecule has 2 heterocycles. The van der Waals surface area contributed by atoms with E-state index in [4.69, 9.17) is 14.9 Å². The Morgan fingerprint density at radius 3 is 2.29 bits per heavy atom. The van der Waals surface area contributed by atoms with E-state index < -0.39 is 23.8 Å². The molecule has 0 spiro atoms. The molecule has 1 aliphatic carbocycles. The normalized spacial score (nSPS) is 17.9. The van der Waals surface area contributed by atoms with Crippen molar-refractivity contribution in [3.8, 4) is 5.75 Å². The fraction of sp³-hybridized carbons (Fsp3) is 0.290. The second-order valence-electron chi connectivity index (χ2n) is 10.3. The summed E-state index contributed by atoms with van der Waals surface area (Å²) in [6, 6.07) is 12.9. The first-order valence-electron chi connectivity index (χ1n) is 13.1. The van der Waals surface area contributed by atoms with E-state index in [1.54, 1.807) is 0 Å². The van der Waals surface area contributed by atoms with Gasteiger partial charge in [0, 0.05) is 53.4 Å². The van der Waals surface area contributed by atoms with Crippen LogP contribution in [0.25, 0.3) is 16.5 Å². The molecule has 0 amide bonds. The van der Waals surface area contributed by atoms with Crippen molar-refractivity contribution in [2.24, 2.45) is 5.92 Å². The largest absolute Gasteiger partial charge is 0.508 e. The van der Waals surface area contributed by atoms with Crippen LogP contribution < -0.4 is 0 Å². The third-order valence-electron chi connectivity index (χ3n) is 7.18. The number of rotatable bonds is 7. The zero-order valence-corrected chi connectivity index (χ0v) is 23.0. The van der Waals surface area contributed by atoms with Gasteiger partial charge < -0.3 is 24.6 Å². The first-order valence-corrected chi connectivity index (χ1v) is 13.1. The minimum absolute atomic E-state index is 0.0874. The van der Waals surface area contributed by atoms with Crippen LogP contribution in [0.2, 0.25) is 0 Å². The van der Waals surface area contributed by atoms with Gasteiger partial charge in [-0.1, -0.05) is 18.2 Å². The molecule has 10 nitrogen and oxygen atoms in total. The number of phenolic OH excluding ortho intramolecular Hbond substituents is 1. The second-order valence-corrected chi connectivity index (χ2v) is 10.3. The minimum atomic E-state index is -1.26. The topological polar surface area (TPSA) is 146 Å². The maximum atomic E-state index is 12.9. The summed E-state index contributed by atoms with van der Waals surface area (Å²) in [6.45, 7) is 4.62. The number of carbonyl (C=O) groups excluding carboxylic acids is 2. The van der Waals surface area contributed by atoms with Gasteiger partial charge in [0.2, 0.25) is 0 Å². The molecule has 0 saturated heterocycles. The number of ether oxygens (including phenoxy) is 1. The van der Waals surface area contributed by atoms with Crippen molar-refractivity contribution >= 4 is 40.2 Å². The lowest BCUT2D eigenvalue weighted by molar-refractivity contribution is -0.146. The Hall–Kier alpha value is -4.70. The van der Waals surface area contributed by atoms with Gasteiger partial charge in [-0.25, -0.2) is 9.59 Å². The molecule has 2 aliphatic rings. The molecule has 3 N–H and O–H groups in total. The number of benzene rings is 2. The van der Waals surface area contributed by atoms with E-state index in [0.717, 1.165) is 12.0 Å². The molecule has 2 atom stereocenters. The highest BCUT2D eigenvalue weighted by atomic mass is 16.5. The minimum Gasteiger partial charge on any atom is -0.508 e. The Labute approximate surface area is 236 Å². The number of fused-ring (bicyclic) bond motifs is 2. The molecule has 3 aromatic rings. The summed E-state index contributed by atoms with van der Waals surface area (Å²) >= 11 is 0. The fourth-order valence-electron chi connectivity index (χ4n) is 5.28. The van der Waals surface area contributed by atoms with Crippen LogP contribution in [-0.2, 0) is 25.5 Å². The summed E-state index contributed by atoms with van der Waals surface area (Å²) in [6.07, 6.45) is 6.35. The zero-order valence-electron chi connectivity index (χ0n) is 23.0. The molecule has 0 bridgehead atoms. The lowest BCUT2D eigenvalue weighted by Crippen LogP contribution is -2.44. The molecular weight excluding hydrogens is 528 g/mol.